The van der Waals surface area contributed by atoms with Crippen LogP contribution in [0.2, 0.25) is 0 Å². The normalized spacial score (nSPS) is 22.8. The fourth-order valence-corrected chi connectivity index (χ4v) is 3.73. The molecule has 2 aliphatic heterocycles. The molecule has 0 saturated carbocycles. The number of amides is 1. The highest BCUT2D eigenvalue weighted by molar-refractivity contribution is 5.92. The SMILES string of the molecule is CC(CNC(=O)c1ccn(C2CCCNC2)n1)CN1CCCCC1.Cl. The number of likely N-dealkylation sites (tertiary alicyclic amines) is 1. The maximum Gasteiger partial charge on any atom is 0.271 e. The number of nitrogens with zero attached hydrogens (tertiary/aromatic N) is 3. The Hall–Kier alpha value is -1.11. The third-order valence-corrected chi connectivity index (χ3v) is 5.12. The molecule has 2 saturated heterocycles. The van der Waals surface area contributed by atoms with Gasteiger partial charge in [-0.3, -0.25) is 9.48 Å². The first kappa shape index (κ1) is 20.2. The molecule has 0 bridgehead atoms. The number of carbonyl (C=O) groups excluding carboxylic acids is 1. The number of rotatable bonds is 6. The molecule has 3 heterocycles. The van der Waals surface area contributed by atoms with E-state index in [-0.39, 0.29) is 18.3 Å². The van der Waals surface area contributed by atoms with Gasteiger partial charge in [0.05, 0.1) is 6.04 Å². The number of piperidine rings is 2. The molecule has 0 spiro atoms. The van der Waals surface area contributed by atoms with Crippen LogP contribution < -0.4 is 10.6 Å². The van der Waals surface area contributed by atoms with Gasteiger partial charge in [-0.05, 0) is 57.3 Å². The Morgan fingerprint density at radius 1 is 1.36 bits per heavy atom. The molecule has 2 atom stereocenters. The number of carbonyl (C=O) groups is 1. The zero-order valence-corrected chi connectivity index (χ0v) is 16.1. The van der Waals surface area contributed by atoms with E-state index in [0.29, 0.717) is 24.2 Å². The van der Waals surface area contributed by atoms with E-state index in [1.165, 1.54) is 38.8 Å². The van der Waals surface area contributed by atoms with Gasteiger partial charge in [0, 0.05) is 25.8 Å². The molecule has 1 aromatic heterocycles. The molecular weight excluding hydrogens is 338 g/mol. The van der Waals surface area contributed by atoms with Gasteiger partial charge in [-0.15, -0.1) is 12.4 Å². The van der Waals surface area contributed by atoms with Crippen LogP contribution >= 0.6 is 12.4 Å². The highest BCUT2D eigenvalue weighted by Crippen LogP contribution is 2.16. The van der Waals surface area contributed by atoms with E-state index in [2.05, 4.69) is 27.6 Å². The van der Waals surface area contributed by atoms with Gasteiger partial charge in [0.1, 0.15) is 5.69 Å². The van der Waals surface area contributed by atoms with Crippen molar-refractivity contribution in [1.29, 1.82) is 0 Å². The van der Waals surface area contributed by atoms with Gasteiger partial charge in [-0.25, -0.2) is 0 Å². The van der Waals surface area contributed by atoms with Crippen LogP contribution in [0.15, 0.2) is 12.3 Å². The van der Waals surface area contributed by atoms with Crippen molar-refractivity contribution in [3.8, 4) is 0 Å². The number of halogens is 1. The first-order chi connectivity index (χ1) is 11.7. The fraction of sp³-hybridized carbons (Fsp3) is 0.778. The molecule has 25 heavy (non-hydrogen) atoms. The summed E-state index contributed by atoms with van der Waals surface area (Å²) in [5.41, 5.74) is 0.533. The molecule has 1 aromatic rings. The molecule has 2 N–H and O–H groups in total. The van der Waals surface area contributed by atoms with Crippen molar-refractivity contribution >= 4 is 18.3 Å². The number of hydrogen-bond donors (Lipinski definition) is 2. The van der Waals surface area contributed by atoms with Crippen LogP contribution in [0.3, 0.4) is 0 Å². The Balaban J connectivity index is 0.00000225. The van der Waals surface area contributed by atoms with Gasteiger partial charge < -0.3 is 15.5 Å². The van der Waals surface area contributed by atoms with Crippen LogP contribution in [0.5, 0.6) is 0 Å². The Morgan fingerprint density at radius 3 is 2.88 bits per heavy atom. The van der Waals surface area contributed by atoms with Crippen LogP contribution in [0.4, 0.5) is 0 Å². The van der Waals surface area contributed by atoms with E-state index < -0.39 is 0 Å². The molecule has 2 unspecified atom stereocenters. The van der Waals surface area contributed by atoms with Crippen molar-refractivity contribution in [1.82, 2.24) is 25.3 Å². The van der Waals surface area contributed by atoms with Gasteiger partial charge in [0.2, 0.25) is 0 Å². The van der Waals surface area contributed by atoms with E-state index in [1.54, 1.807) is 0 Å². The molecule has 3 rings (SSSR count). The molecule has 1 amide bonds. The first-order valence-electron chi connectivity index (χ1n) is 9.49. The van der Waals surface area contributed by atoms with Gasteiger partial charge >= 0.3 is 0 Å². The van der Waals surface area contributed by atoms with Gasteiger partial charge in [0.25, 0.3) is 5.91 Å². The number of hydrogen-bond acceptors (Lipinski definition) is 4. The summed E-state index contributed by atoms with van der Waals surface area (Å²) in [4.78, 5) is 14.8. The standard InChI is InChI=1S/C18H31N5O.ClH/c1-15(14-22-9-3-2-4-10-22)12-20-18(24)17-7-11-23(21-17)16-6-5-8-19-13-16;/h7,11,15-16,19H,2-6,8-10,12-14H2,1H3,(H,20,24);1H. The Bertz CT molecular complexity index is 523. The van der Waals surface area contributed by atoms with Crippen molar-refractivity contribution in [3.63, 3.8) is 0 Å². The summed E-state index contributed by atoms with van der Waals surface area (Å²) in [6.07, 6.45) is 8.21. The number of nitrogens with one attached hydrogen (secondary N) is 2. The lowest BCUT2D eigenvalue weighted by Crippen LogP contribution is -2.38. The van der Waals surface area contributed by atoms with Gasteiger partial charge in [-0.1, -0.05) is 13.3 Å². The molecule has 142 valence electrons. The smallest absolute Gasteiger partial charge is 0.271 e. The van der Waals surface area contributed by atoms with Crippen LogP contribution in [0, 0.1) is 5.92 Å². The third-order valence-electron chi connectivity index (χ3n) is 5.12. The lowest BCUT2D eigenvalue weighted by atomic mass is 10.1. The average molecular weight is 370 g/mol. The second-order valence-electron chi connectivity index (χ2n) is 7.36. The summed E-state index contributed by atoms with van der Waals surface area (Å²) in [5, 5.41) is 10.9. The van der Waals surface area contributed by atoms with Crippen molar-refractivity contribution in [2.24, 2.45) is 5.92 Å². The lowest BCUT2D eigenvalue weighted by Gasteiger charge is -2.29. The molecule has 7 heteroatoms. The van der Waals surface area contributed by atoms with E-state index in [9.17, 15) is 4.79 Å². The van der Waals surface area contributed by atoms with Crippen LogP contribution in [-0.2, 0) is 0 Å². The van der Waals surface area contributed by atoms with E-state index >= 15 is 0 Å². The summed E-state index contributed by atoms with van der Waals surface area (Å²) in [5.74, 6) is 0.416. The Morgan fingerprint density at radius 2 is 2.16 bits per heavy atom. The highest BCUT2D eigenvalue weighted by atomic mass is 35.5. The second kappa shape index (κ2) is 10.1. The fourth-order valence-electron chi connectivity index (χ4n) is 3.73. The van der Waals surface area contributed by atoms with Crippen LogP contribution in [0.25, 0.3) is 0 Å². The van der Waals surface area contributed by atoms with Crippen molar-refractivity contribution < 1.29 is 4.79 Å². The summed E-state index contributed by atoms with van der Waals surface area (Å²) >= 11 is 0. The summed E-state index contributed by atoms with van der Waals surface area (Å²) < 4.78 is 1.94. The second-order valence-corrected chi connectivity index (χ2v) is 7.36. The average Bonchev–Trinajstić information content (AvgIpc) is 3.11. The molecule has 0 aromatic carbocycles. The van der Waals surface area contributed by atoms with Gasteiger partial charge in [-0.2, -0.15) is 5.10 Å². The summed E-state index contributed by atoms with van der Waals surface area (Å²) in [6, 6.07) is 2.21. The minimum absolute atomic E-state index is 0. The lowest BCUT2D eigenvalue weighted by molar-refractivity contribution is 0.0936. The predicted molar refractivity (Wildman–Crippen MR) is 102 cm³/mol. The van der Waals surface area contributed by atoms with Crippen molar-refractivity contribution in [3.05, 3.63) is 18.0 Å². The van der Waals surface area contributed by atoms with Crippen molar-refractivity contribution in [2.45, 2.75) is 45.1 Å². The first-order valence-corrected chi connectivity index (χ1v) is 9.49. The molecule has 0 radical (unpaired) electrons. The third kappa shape index (κ3) is 5.97. The minimum Gasteiger partial charge on any atom is -0.350 e. The summed E-state index contributed by atoms with van der Waals surface area (Å²) in [6.45, 7) is 8.43. The van der Waals surface area contributed by atoms with E-state index in [1.807, 2.05) is 16.9 Å². The summed E-state index contributed by atoms with van der Waals surface area (Å²) in [7, 11) is 0. The minimum atomic E-state index is -0.0528. The zero-order valence-electron chi connectivity index (χ0n) is 15.2. The maximum atomic E-state index is 12.3. The predicted octanol–water partition coefficient (Wildman–Crippen LogP) is 2.08. The quantitative estimate of drug-likeness (QED) is 0.806. The van der Waals surface area contributed by atoms with Gasteiger partial charge in [0.15, 0.2) is 0 Å². The molecule has 6 nitrogen and oxygen atoms in total. The Kier molecular flexibility index (Phi) is 8.19. The maximum absolute atomic E-state index is 12.3. The van der Waals surface area contributed by atoms with Crippen molar-refractivity contribution in [2.75, 3.05) is 39.3 Å². The zero-order chi connectivity index (χ0) is 16.8. The van der Waals surface area contributed by atoms with Crippen LogP contribution in [0.1, 0.15) is 55.6 Å². The molecule has 0 aliphatic carbocycles. The number of aromatic nitrogens is 2. The van der Waals surface area contributed by atoms with E-state index in [0.717, 1.165) is 26.1 Å². The topological polar surface area (TPSA) is 62.2 Å². The monoisotopic (exact) mass is 369 g/mol. The molecule has 2 aliphatic rings. The van der Waals surface area contributed by atoms with E-state index in [4.69, 9.17) is 0 Å². The Labute approximate surface area is 157 Å². The molecule has 2 fully saturated rings. The molecular formula is C18H32ClN5O. The largest absolute Gasteiger partial charge is 0.350 e. The van der Waals surface area contributed by atoms with Crippen LogP contribution in [-0.4, -0.2) is 59.9 Å². The highest BCUT2D eigenvalue weighted by Gasteiger charge is 2.18.